The number of phenols is 7. The molecule has 0 fully saturated rings. The lowest BCUT2D eigenvalue weighted by atomic mass is 9.69. The van der Waals surface area contributed by atoms with Crippen LogP contribution >= 0.6 is 0 Å². The van der Waals surface area contributed by atoms with Gasteiger partial charge >= 0.3 is 0 Å². The SMILES string of the molecule is COc1cc(O)cc(-c2ccc3c(c2)C2(c4cc(-c5cc(O)cc(O)c5)ccc4-c4ccc(-c5cc(O)cc(O)c5)cc42)c2cc(-c4cc(O)cc(O)c4)ccc2-3)c1. The second kappa shape index (κ2) is 12.6. The number of rotatable bonds is 5. The summed E-state index contributed by atoms with van der Waals surface area (Å²) in [5.41, 5.74) is 12.3. The summed E-state index contributed by atoms with van der Waals surface area (Å²) in [5.74, 6) is 0.110. The zero-order valence-corrected chi connectivity index (χ0v) is 30.9. The Labute approximate surface area is 332 Å². The maximum Gasteiger partial charge on any atom is 0.123 e. The van der Waals surface area contributed by atoms with E-state index in [2.05, 4.69) is 48.5 Å². The number of fused-ring (bicyclic) bond motifs is 10. The van der Waals surface area contributed by atoms with E-state index < -0.39 is 5.41 Å². The van der Waals surface area contributed by atoms with Crippen molar-refractivity contribution < 1.29 is 40.5 Å². The molecule has 10 rings (SSSR count). The molecule has 0 aromatic heterocycles. The molecule has 282 valence electrons. The minimum absolute atomic E-state index is 0.0569. The standard InChI is InChI=1S/C50H34O8/c1-58-41-17-33(16-40(57)25-41)29-5-9-45-44-8-4-28(32-14-38(55)24-39(56)15-32)20-48(44)50(49(45)21-29)46-18-26(30-10-34(51)22-35(52)11-30)2-6-42(46)43-7-3-27(19-47(43)50)31-12-36(53)23-37(54)13-31/h2-25,51-57H,1H3. The van der Waals surface area contributed by atoms with Crippen molar-refractivity contribution in [2.75, 3.05) is 7.11 Å². The van der Waals surface area contributed by atoms with Crippen LogP contribution in [0.3, 0.4) is 0 Å². The van der Waals surface area contributed by atoms with Crippen LogP contribution in [0.5, 0.6) is 46.0 Å². The molecule has 2 aliphatic carbocycles. The van der Waals surface area contributed by atoms with Gasteiger partial charge in [0, 0.05) is 24.3 Å². The van der Waals surface area contributed by atoms with Gasteiger partial charge in [-0.15, -0.1) is 0 Å². The van der Waals surface area contributed by atoms with Gasteiger partial charge in [-0.25, -0.2) is 0 Å². The zero-order valence-electron chi connectivity index (χ0n) is 30.9. The van der Waals surface area contributed by atoms with Crippen LogP contribution in [0.25, 0.3) is 66.8 Å². The summed E-state index contributed by atoms with van der Waals surface area (Å²) in [5, 5.41) is 74.0. The zero-order chi connectivity index (χ0) is 40.0. The maximum absolute atomic E-state index is 10.7. The molecule has 7 N–H and O–H groups in total. The topological polar surface area (TPSA) is 151 Å². The maximum atomic E-state index is 10.7. The first-order chi connectivity index (χ1) is 28.0. The van der Waals surface area contributed by atoms with Gasteiger partial charge in [0.1, 0.15) is 46.0 Å². The Balaban J connectivity index is 1.33. The van der Waals surface area contributed by atoms with Gasteiger partial charge in [0.25, 0.3) is 0 Å². The lowest BCUT2D eigenvalue weighted by Gasteiger charge is -2.32. The number of benzene rings is 8. The largest absolute Gasteiger partial charge is 0.508 e. The third-order valence-electron chi connectivity index (χ3n) is 11.4. The van der Waals surface area contributed by atoms with Crippen molar-refractivity contribution in [3.63, 3.8) is 0 Å². The Morgan fingerprint density at radius 1 is 0.293 bits per heavy atom. The third-order valence-corrected chi connectivity index (χ3v) is 11.4. The van der Waals surface area contributed by atoms with Crippen LogP contribution < -0.4 is 4.74 Å². The Kier molecular flexibility index (Phi) is 7.52. The van der Waals surface area contributed by atoms with E-state index in [9.17, 15) is 35.7 Å². The van der Waals surface area contributed by atoms with Crippen molar-refractivity contribution in [3.8, 4) is 113 Å². The molecule has 0 saturated heterocycles. The average Bonchev–Trinajstić information content (AvgIpc) is 3.65. The lowest BCUT2D eigenvalue weighted by Crippen LogP contribution is -2.26. The van der Waals surface area contributed by atoms with Crippen molar-refractivity contribution in [1.82, 2.24) is 0 Å². The van der Waals surface area contributed by atoms with Gasteiger partial charge in [-0.05, 0) is 162 Å². The van der Waals surface area contributed by atoms with Crippen LogP contribution in [-0.4, -0.2) is 42.9 Å². The highest BCUT2D eigenvalue weighted by molar-refractivity contribution is 5.98. The van der Waals surface area contributed by atoms with Crippen LogP contribution in [0.1, 0.15) is 22.3 Å². The minimum atomic E-state index is -1.01. The van der Waals surface area contributed by atoms with E-state index in [0.717, 1.165) is 72.3 Å². The molecular formula is C50H34O8. The molecule has 0 atom stereocenters. The van der Waals surface area contributed by atoms with Crippen molar-refractivity contribution >= 4 is 0 Å². The number of aromatic hydroxyl groups is 7. The highest BCUT2D eigenvalue weighted by atomic mass is 16.5. The molecule has 0 heterocycles. The third kappa shape index (κ3) is 5.30. The Bertz CT molecular complexity index is 2790. The van der Waals surface area contributed by atoms with Crippen molar-refractivity contribution in [2.24, 2.45) is 0 Å². The van der Waals surface area contributed by atoms with E-state index in [1.807, 2.05) is 30.3 Å². The van der Waals surface area contributed by atoms with E-state index in [4.69, 9.17) is 4.74 Å². The number of hydrogen-bond acceptors (Lipinski definition) is 8. The molecule has 58 heavy (non-hydrogen) atoms. The molecule has 0 amide bonds. The van der Waals surface area contributed by atoms with Gasteiger partial charge in [0.15, 0.2) is 0 Å². The smallest absolute Gasteiger partial charge is 0.123 e. The summed E-state index contributed by atoms with van der Waals surface area (Å²) in [6.07, 6.45) is 0. The molecule has 8 aromatic rings. The number of hydrogen-bond donors (Lipinski definition) is 7. The lowest BCUT2D eigenvalue weighted by molar-refractivity contribution is 0.408. The highest BCUT2D eigenvalue weighted by Gasteiger charge is 2.52. The molecule has 0 bridgehead atoms. The van der Waals surface area contributed by atoms with Crippen molar-refractivity contribution in [1.29, 1.82) is 0 Å². The van der Waals surface area contributed by atoms with Crippen LogP contribution in [0.4, 0.5) is 0 Å². The number of phenolic OH excluding ortho intramolecular Hbond substituents is 7. The van der Waals surface area contributed by atoms with E-state index in [-0.39, 0.29) is 40.2 Å². The Morgan fingerprint density at radius 3 is 0.828 bits per heavy atom. The monoisotopic (exact) mass is 762 g/mol. The first-order valence-corrected chi connectivity index (χ1v) is 18.6. The van der Waals surface area contributed by atoms with Crippen LogP contribution in [0.2, 0.25) is 0 Å². The summed E-state index contributed by atoms with van der Waals surface area (Å²) < 4.78 is 5.54. The van der Waals surface area contributed by atoms with Gasteiger partial charge in [-0.1, -0.05) is 48.5 Å². The molecule has 0 aliphatic heterocycles. The second-order valence-corrected chi connectivity index (χ2v) is 14.9. The van der Waals surface area contributed by atoms with Gasteiger partial charge < -0.3 is 40.5 Å². The summed E-state index contributed by atoms with van der Waals surface area (Å²) >= 11 is 0. The van der Waals surface area contributed by atoms with Crippen LogP contribution in [-0.2, 0) is 5.41 Å². The van der Waals surface area contributed by atoms with Crippen molar-refractivity contribution in [3.05, 3.63) is 168 Å². The van der Waals surface area contributed by atoms with E-state index in [1.54, 1.807) is 55.6 Å². The molecular weight excluding hydrogens is 729 g/mol. The molecule has 0 saturated carbocycles. The first-order valence-electron chi connectivity index (χ1n) is 18.6. The van der Waals surface area contributed by atoms with E-state index >= 15 is 0 Å². The van der Waals surface area contributed by atoms with Gasteiger partial charge in [0.2, 0.25) is 0 Å². The molecule has 8 nitrogen and oxygen atoms in total. The first kappa shape index (κ1) is 34.6. The van der Waals surface area contributed by atoms with Crippen LogP contribution in [0.15, 0.2) is 146 Å². The fraction of sp³-hybridized carbons (Fsp3) is 0.0400. The van der Waals surface area contributed by atoms with Gasteiger partial charge in [-0.2, -0.15) is 0 Å². The number of ether oxygens (including phenoxy) is 1. The molecule has 1 spiro atoms. The van der Waals surface area contributed by atoms with E-state index in [1.165, 1.54) is 18.2 Å². The summed E-state index contributed by atoms with van der Waals surface area (Å²) in [6, 6.07) is 43.3. The second-order valence-electron chi connectivity index (χ2n) is 14.9. The Hall–Kier alpha value is -7.84. The quantitative estimate of drug-likeness (QED) is 0.0915. The fourth-order valence-electron chi connectivity index (χ4n) is 9.10. The molecule has 8 heteroatoms. The normalized spacial score (nSPS) is 12.8. The summed E-state index contributed by atoms with van der Waals surface area (Å²) in [7, 11) is 1.55. The number of methoxy groups -OCH3 is 1. The molecule has 8 aromatic carbocycles. The minimum Gasteiger partial charge on any atom is -0.508 e. The highest BCUT2D eigenvalue weighted by Crippen LogP contribution is 2.64. The van der Waals surface area contributed by atoms with E-state index in [0.29, 0.717) is 22.4 Å². The molecule has 0 unspecified atom stereocenters. The predicted molar refractivity (Wildman–Crippen MR) is 223 cm³/mol. The summed E-state index contributed by atoms with van der Waals surface area (Å²) in [6.45, 7) is 0. The molecule has 2 aliphatic rings. The fourth-order valence-corrected chi connectivity index (χ4v) is 9.10. The molecule has 0 radical (unpaired) electrons. The predicted octanol–water partition coefficient (Wildman–Crippen LogP) is 10.6. The average molecular weight is 763 g/mol. The van der Waals surface area contributed by atoms with Gasteiger partial charge in [0.05, 0.1) is 12.5 Å². The van der Waals surface area contributed by atoms with Crippen molar-refractivity contribution in [2.45, 2.75) is 5.41 Å². The van der Waals surface area contributed by atoms with Gasteiger partial charge in [-0.3, -0.25) is 0 Å². The van der Waals surface area contributed by atoms with Crippen LogP contribution in [0, 0.1) is 0 Å². The summed E-state index contributed by atoms with van der Waals surface area (Å²) in [4.78, 5) is 0. The Morgan fingerprint density at radius 2 is 0.552 bits per heavy atom.